The van der Waals surface area contributed by atoms with Gasteiger partial charge in [0.15, 0.2) is 0 Å². The Morgan fingerprint density at radius 3 is 2.59 bits per heavy atom. The molecule has 2 saturated heterocycles. The van der Waals surface area contributed by atoms with Crippen LogP contribution in [0.1, 0.15) is 0 Å². The van der Waals surface area contributed by atoms with Gasteiger partial charge in [-0.15, -0.1) is 0 Å². The van der Waals surface area contributed by atoms with Crippen molar-refractivity contribution < 1.29 is 13.2 Å². The summed E-state index contributed by atoms with van der Waals surface area (Å²) in [6.07, 6.45) is 0. The maximum Gasteiger partial charge on any atom is 0.215 e. The van der Waals surface area contributed by atoms with Gasteiger partial charge in [0.2, 0.25) is 10.0 Å². The molecule has 0 atom stereocenters. The van der Waals surface area contributed by atoms with E-state index >= 15 is 0 Å². The number of hydrogen-bond donors (Lipinski definition) is 1. The molecular weight excluding hydrogens is 242 g/mol. The quantitative estimate of drug-likeness (QED) is 0.675. The zero-order valence-corrected chi connectivity index (χ0v) is 10.9. The van der Waals surface area contributed by atoms with Crippen molar-refractivity contribution in [2.75, 3.05) is 64.8 Å². The van der Waals surface area contributed by atoms with Crippen molar-refractivity contribution in [3.63, 3.8) is 0 Å². The summed E-state index contributed by atoms with van der Waals surface area (Å²) in [6, 6.07) is 0. The molecular formula is C10H21N3O3S. The maximum atomic E-state index is 11.9. The Hall–Kier alpha value is -0.210. The van der Waals surface area contributed by atoms with Gasteiger partial charge >= 0.3 is 0 Å². The Labute approximate surface area is 103 Å². The predicted octanol–water partition coefficient (Wildman–Crippen LogP) is -1.45. The Morgan fingerprint density at radius 2 is 1.82 bits per heavy atom. The summed E-state index contributed by atoms with van der Waals surface area (Å²) in [4.78, 5) is 2.26. The molecule has 0 aromatic rings. The van der Waals surface area contributed by atoms with Gasteiger partial charge in [-0.25, -0.2) is 8.42 Å². The zero-order chi connectivity index (χ0) is 12.1. The molecule has 2 aliphatic rings. The Bertz CT molecular complexity index is 328. The molecule has 0 unspecified atom stereocenters. The number of morpholine rings is 1. The SMILES string of the molecule is O=S1(=O)CCNCCN1CCN1CCOCC1. The first kappa shape index (κ1) is 13.2. The molecule has 2 aliphatic heterocycles. The number of sulfonamides is 1. The highest BCUT2D eigenvalue weighted by molar-refractivity contribution is 7.89. The fourth-order valence-corrected chi connectivity index (χ4v) is 3.52. The van der Waals surface area contributed by atoms with Crippen LogP contribution in [0.4, 0.5) is 0 Å². The maximum absolute atomic E-state index is 11.9. The molecule has 2 heterocycles. The average Bonchev–Trinajstić information content (AvgIpc) is 2.49. The fourth-order valence-electron chi connectivity index (χ4n) is 2.13. The summed E-state index contributed by atoms with van der Waals surface area (Å²) < 4.78 is 30.7. The van der Waals surface area contributed by atoms with Crippen LogP contribution in [0, 0.1) is 0 Å². The van der Waals surface area contributed by atoms with Gasteiger partial charge in [0, 0.05) is 45.8 Å². The molecule has 0 bridgehead atoms. The highest BCUT2D eigenvalue weighted by atomic mass is 32.2. The third kappa shape index (κ3) is 3.89. The lowest BCUT2D eigenvalue weighted by Gasteiger charge is -2.29. The van der Waals surface area contributed by atoms with Crippen LogP contribution in [0.2, 0.25) is 0 Å². The summed E-state index contributed by atoms with van der Waals surface area (Å²) >= 11 is 0. The zero-order valence-electron chi connectivity index (χ0n) is 10.1. The van der Waals surface area contributed by atoms with Crippen molar-refractivity contribution in [1.29, 1.82) is 0 Å². The number of nitrogens with one attached hydrogen (secondary N) is 1. The van der Waals surface area contributed by atoms with Crippen molar-refractivity contribution in [2.24, 2.45) is 0 Å². The van der Waals surface area contributed by atoms with Crippen molar-refractivity contribution in [3.8, 4) is 0 Å². The van der Waals surface area contributed by atoms with E-state index in [1.54, 1.807) is 4.31 Å². The summed E-state index contributed by atoms with van der Waals surface area (Å²) in [5.41, 5.74) is 0. The van der Waals surface area contributed by atoms with Crippen LogP contribution in [0.15, 0.2) is 0 Å². The highest BCUT2D eigenvalue weighted by Gasteiger charge is 2.24. The standard InChI is InChI=1S/C10H21N3O3S/c14-17(15)10-2-11-1-3-13(17)5-4-12-6-8-16-9-7-12/h11H,1-10H2. The minimum atomic E-state index is -3.05. The average molecular weight is 263 g/mol. The summed E-state index contributed by atoms with van der Waals surface area (Å²) in [7, 11) is -3.05. The van der Waals surface area contributed by atoms with Gasteiger partial charge in [-0.2, -0.15) is 4.31 Å². The van der Waals surface area contributed by atoms with Crippen LogP contribution in [-0.2, 0) is 14.8 Å². The molecule has 1 N–H and O–H groups in total. The lowest BCUT2D eigenvalue weighted by Crippen LogP contribution is -2.43. The molecule has 0 amide bonds. The van der Waals surface area contributed by atoms with Gasteiger partial charge in [-0.05, 0) is 0 Å². The number of rotatable bonds is 3. The highest BCUT2D eigenvalue weighted by Crippen LogP contribution is 2.05. The third-order valence-electron chi connectivity index (χ3n) is 3.24. The molecule has 2 rings (SSSR count). The molecule has 6 nitrogen and oxygen atoms in total. The normalized spacial score (nSPS) is 27.8. The van der Waals surface area contributed by atoms with E-state index in [4.69, 9.17) is 4.74 Å². The first-order valence-corrected chi connectivity index (χ1v) is 7.78. The van der Waals surface area contributed by atoms with Gasteiger partial charge in [-0.3, -0.25) is 4.90 Å². The Balaban J connectivity index is 1.83. The number of nitrogens with zero attached hydrogens (tertiary/aromatic N) is 2. The minimum Gasteiger partial charge on any atom is -0.379 e. The van der Waals surface area contributed by atoms with Crippen LogP contribution in [0.5, 0.6) is 0 Å². The molecule has 0 radical (unpaired) electrons. The fraction of sp³-hybridized carbons (Fsp3) is 1.00. The van der Waals surface area contributed by atoms with E-state index in [-0.39, 0.29) is 5.75 Å². The molecule has 100 valence electrons. The third-order valence-corrected chi connectivity index (χ3v) is 5.11. The van der Waals surface area contributed by atoms with Gasteiger partial charge in [-0.1, -0.05) is 0 Å². The molecule has 0 spiro atoms. The summed E-state index contributed by atoms with van der Waals surface area (Å²) in [6.45, 7) is 6.65. The molecule has 7 heteroatoms. The summed E-state index contributed by atoms with van der Waals surface area (Å²) in [5, 5.41) is 3.12. The first-order chi connectivity index (χ1) is 8.18. The largest absolute Gasteiger partial charge is 0.379 e. The van der Waals surface area contributed by atoms with Crippen LogP contribution in [0.3, 0.4) is 0 Å². The van der Waals surface area contributed by atoms with E-state index in [2.05, 4.69) is 10.2 Å². The second kappa shape index (κ2) is 6.10. The van der Waals surface area contributed by atoms with E-state index in [1.165, 1.54) is 0 Å². The van der Waals surface area contributed by atoms with Crippen LogP contribution in [0.25, 0.3) is 0 Å². The molecule has 2 fully saturated rings. The van der Waals surface area contributed by atoms with E-state index in [1.807, 2.05) is 0 Å². The molecule has 17 heavy (non-hydrogen) atoms. The van der Waals surface area contributed by atoms with E-state index in [0.29, 0.717) is 19.6 Å². The first-order valence-electron chi connectivity index (χ1n) is 6.17. The second-order valence-electron chi connectivity index (χ2n) is 4.42. The van der Waals surface area contributed by atoms with Crippen molar-refractivity contribution in [3.05, 3.63) is 0 Å². The van der Waals surface area contributed by atoms with Crippen molar-refractivity contribution >= 4 is 10.0 Å². The topological polar surface area (TPSA) is 61.9 Å². The molecule has 0 aliphatic carbocycles. The predicted molar refractivity (Wildman–Crippen MR) is 65.5 cm³/mol. The van der Waals surface area contributed by atoms with E-state index < -0.39 is 10.0 Å². The molecule has 0 aromatic carbocycles. The van der Waals surface area contributed by atoms with Crippen molar-refractivity contribution in [2.45, 2.75) is 0 Å². The number of ether oxygens (including phenoxy) is 1. The van der Waals surface area contributed by atoms with Crippen LogP contribution in [-0.4, -0.2) is 82.4 Å². The smallest absolute Gasteiger partial charge is 0.215 e. The monoisotopic (exact) mass is 263 g/mol. The van der Waals surface area contributed by atoms with Crippen molar-refractivity contribution in [1.82, 2.24) is 14.5 Å². The lowest BCUT2D eigenvalue weighted by molar-refractivity contribution is 0.0364. The minimum absolute atomic E-state index is 0.218. The second-order valence-corrected chi connectivity index (χ2v) is 6.51. The Kier molecular flexibility index (Phi) is 4.75. The van der Waals surface area contributed by atoms with Crippen LogP contribution < -0.4 is 5.32 Å². The molecule has 0 aromatic heterocycles. The van der Waals surface area contributed by atoms with Gasteiger partial charge in [0.1, 0.15) is 0 Å². The van der Waals surface area contributed by atoms with Crippen LogP contribution >= 0.6 is 0 Å². The number of hydrogen-bond acceptors (Lipinski definition) is 5. The lowest BCUT2D eigenvalue weighted by atomic mass is 10.4. The van der Waals surface area contributed by atoms with Gasteiger partial charge in [0.25, 0.3) is 0 Å². The van der Waals surface area contributed by atoms with Gasteiger partial charge in [0.05, 0.1) is 19.0 Å². The molecule has 0 saturated carbocycles. The Morgan fingerprint density at radius 1 is 1.06 bits per heavy atom. The van der Waals surface area contributed by atoms with E-state index in [9.17, 15) is 8.42 Å². The summed E-state index contributed by atoms with van der Waals surface area (Å²) in [5.74, 6) is 0.218. The van der Waals surface area contributed by atoms with E-state index in [0.717, 1.165) is 39.4 Å². The van der Waals surface area contributed by atoms with Gasteiger partial charge < -0.3 is 10.1 Å².